The minimum absolute atomic E-state index is 0.0210. The molecule has 0 aliphatic heterocycles. The van der Waals surface area contributed by atoms with Crippen LogP contribution in [0.5, 0.6) is 0 Å². The van der Waals surface area contributed by atoms with Gasteiger partial charge < -0.3 is 29.2 Å². The molecule has 0 aromatic carbocycles. The summed E-state index contributed by atoms with van der Waals surface area (Å²) < 4.78 is 21.1. The Hall–Kier alpha value is -2.00. The highest BCUT2D eigenvalue weighted by molar-refractivity contribution is 5.81. The number of rotatable bonds is 14. The van der Waals surface area contributed by atoms with Crippen LogP contribution in [-0.2, 0) is 28.5 Å². The van der Waals surface area contributed by atoms with E-state index in [1.165, 1.54) is 0 Å². The van der Waals surface area contributed by atoms with Gasteiger partial charge in [-0.1, -0.05) is 25.3 Å². The fourth-order valence-electron chi connectivity index (χ4n) is 4.20. The summed E-state index contributed by atoms with van der Waals surface area (Å²) in [5.41, 5.74) is 0. The van der Waals surface area contributed by atoms with Crippen molar-refractivity contribution in [3.8, 4) is 0 Å². The zero-order valence-electron chi connectivity index (χ0n) is 19.3. The number of allylic oxidation sites excluding steroid dienone is 1. The lowest BCUT2D eigenvalue weighted by Gasteiger charge is -2.32. The lowest BCUT2D eigenvalue weighted by molar-refractivity contribution is -0.143. The van der Waals surface area contributed by atoms with Crippen LogP contribution in [0.4, 0.5) is 0 Å². The predicted molar refractivity (Wildman–Crippen MR) is 122 cm³/mol. The second kappa shape index (κ2) is 15.0. The van der Waals surface area contributed by atoms with E-state index in [4.69, 9.17) is 18.9 Å². The van der Waals surface area contributed by atoms with Crippen LogP contribution in [-0.4, -0.2) is 73.0 Å². The molecule has 1 saturated carbocycles. The van der Waals surface area contributed by atoms with Crippen LogP contribution in [0.25, 0.3) is 0 Å². The van der Waals surface area contributed by atoms with Gasteiger partial charge in [0.1, 0.15) is 25.4 Å². The van der Waals surface area contributed by atoms with E-state index in [1.54, 1.807) is 0 Å². The summed E-state index contributed by atoms with van der Waals surface area (Å²) >= 11 is 0. The first-order valence-electron chi connectivity index (χ1n) is 11.8. The molecule has 0 bridgehead atoms. The fraction of sp³-hybridized carbons (Fsp3) is 0.680. The van der Waals surface area contributed by atoms with E-state index in [1.807, 2.05) is 0 Å². The van der Waals surface area contributed by atoms with Crippen molar-refractivity contribution in [1.29, 1.82) is 0 Å². The molecule has 1 fully saturated rings. The third-order valence-corrected chi connectivity index (χ3v) is 6.05. The molecule has 186 valence electrons. The van der Waals surface area contributed by atoms with Crippen LogP contribution < -0.4 is 0 Å². The van der Waals surface area contributed by atoms with E-state index in [9.17, 15) is 19.8 Å². The Morgan fingerprint density at radius 2 is 1.39 bits per heavy atom. The van der Waals surface area contributed by atoms with Gasteiger partial charge in [0.2, 0.25) is 0 Å². The van der Waals surface area contributed by atoms with Crippen molar-refractivity contribution in [2.75, 3.05) is 26.4 Å². The number of carbonyl (C=O) groups is 2. The highest BCUT2D eigenvalue weighted by atomic mass is 16.6. The van der Waals surface area contributed by atoms with Gasteiger partial charge in [0.25, 0.3) is 0 Å². The van der Waals surface area contributed by atoms with Gasteiger partial charge in [-0.2, -0.15) is 0 Å². The zero-order valence-corrected chi connectivity index (χ0v) is 19.3. The molecule has 8 heteroatoms. The fourth-order valence-corrected chi connectivity index (χ4v) is 4.20. The van der Waals surface area contributed by atoms with E-state index in [2.05, 4.69) is 25.3 Å². The van der Waals surface area contributed by atoms with Crippen molar-refractivity contribution in [2.24, 2.45) is 11.8 Å². The molecule has 2 aliphatic carbocycles. The minimum Gasteiger partial charge on any atom is -0.460 e. The maximum absolute atomic E-state index is 11.0. The number of carbonyl (C=O) groups excluding carboxylic acids is 2. The van der Waals surface area contributed by atoms with Gasteiger partial charge in [0.15, 0.2) is 0 Å². The standard InChI is InChI=1S/C25H38O8/c1-3-24(28)32-16-20(26)14-30-22-9-5-18(6-10-22)13-19-7-11-23(12-8-19)31-15-21(27)17-33-25(29)4-2/h3-5,9,18-23,26-27H,1-2,6-8,10-17H2. The first kappa shape index (κ1) is 27.2. The van der Waals surface area contributed by atoms with E-state index in [0.29, 0.717) is 11.8 Å². The number of esters is 2. The summed E-state index contributed by atoms with van der Waals surface area (Å²) in [6, 6.07) is 0. The largest absolute Gasteiger partial charge is 0.460 e. The lowest BCUT2D eigenvalue weighted by atomic mass is 9.79. The van der Waals surface area contributed by atoms with E-state index >= 15 is 0 Å². The summed E-state index contributed by atoms with van der Waals surface area (Å²) in [5.74, 6) is 0.0940. The Morgan fingerprint density at radius 3 is 1.91 bits per heavy atom. The highest BCUT2D eigenvalue weighted by Crippen LogP contribution is 2.34. The van der Waals surface area contributed by atoms with Crippen molar-refractivity contribution in [3.05, 3.63) is 37.5 Å². The van der Waals surface area contributed by atoms with Crippen LogP contribution in [0.3, 0.4) is 0 Å². The molecule has 0 saturated heterocycles. The second-order valence-electron chi connectivity index (χ2n) is 8.78. The summed E-state index contributed by atoms with van der Waals surface area (Å²) in [6.45, 7) is 6.73. The number of aliphatic hydroxyl groups excluding tert-OH is 2. The molecule has 0 amide bonds. The molecule has 2 aliphatic rings. The first-order chi connectivity index (χ1) is 15.9. The van der Waals surface area contributed by atoms with Gasteiger partial charge in [-0.25, -0.2) is 9.59 Å². The maximum atomic E-state index is 11.0. The molecule has 2 N–H and O–H groups in total. The Labute approximate surface area is 196 Å². The highest BCUT2D eigenvalue weighted by Gasteiger charge is 2.26. The molecular formula is C25H38O8. The van der Waals surface area contributed by atoms with Gasteiger partial charge in [-0.15, -0.1) is 0 Å². The smallest absolute Gasteiger partial charge is 0.330 e. The third kappa shape index (κ3) is 11.1. The molecule has 0 aromatic rings. The number of ether oxygens (including phenoxy) is 4. The Morgan fingerprint density at radius 1 is 0.818 bits per heavy atom. The van der Waals surface area contributed by atoms with Crippen LogP contribution >= 0.6 is 0 Å². The van der Waals surface area contributed by atoms with E-state index in [0.717, 1.165) is 57.1 Å². The summed E-state index contributed by atoms with van der Waals surface area (Å²) in [4.78, 5) is 22.0. The van der Waals surface area contributed by atoms with Crippen LogP contribution in [0.2, 0.25) is 0 Å². The minimum atomic E-state index is -0.847. The van der Waals surface area contributed by atoms with Crippen molar-refractivity contribution in [3.63, 3.8) is 0 Å². The molecular weight excluding hydrogens is 428 g/mol. The number of hydrogen-bond donors (Lipinski definition) is 2. The van der Waals surface area contributed by atoms with Gasteiger partial charge in [0, 0.05) is 12.2 Å². The molecule has 8 nitrogen and oxygen atoms in total. The maximum Gasteiger partial charge on any atom is 0.330 e. The number of aliphatic hydroxyl groups is 2. The Kier molecular flexibility index (Phi) is 12.4. The third-order valence-electron chi connectivity index (χ3n) is 6.05. The Balaban J connectivity index is 1.57. The van der Waals surface area contributed by atoms with Crippen molar-refractivity contribution in [1.82, 2.24) is 0 Å². The topological polar surface area (TPSA) is 112 Å². The normalized spacial score (nSPS) is 26.7. The molecule has 0 radical (unpaired) electrons. The summed E-state index contributed by atoms with van der Waals surface area (Å²) in [6.07, 6.45) is 12.1. The van der Waals surface area contributed by atoms with E-state index in [-0.39, 0.29) is 38.6 Å². The summed E-state index contributed by atoms with van der Waals surface area (Å²) in [7, 11) is 0. The van der Waals surface area contributed by atoms with Gasteiger partial charge in [-0.05, 0) is 56.8 Å². The van der Waals surface area contributed by atoms with Crippen molar-refractivity contribution in [2.45, 2.75) is 69.4 Å². The molecule has 0 heterocycles. The lowest BCUT2D eigenvalue weighted by Crippen LogP contribution is -2.29. The molecule has 4 unspecified atom stereocenters. The first-order valence-corrected chi connectivity index (χ1v) is 11.8. The van der Waals surface area contributed by atoms with Crippen LogP contribution in [0, 0.1) is 11.8 Å². The van der Waals surface area contributed by atoms with Crippen LogP contribution in [0.1, 0.15) is 44.9 Å². The second-order valence-corrected chi connectivity index (χ2v) is 8.78. The monoisotopic (exact) mass is 466 g/mol. The van der Waals surface area contributed by atoms with Gasteiger partial charge in [0.05, 0.1) is 25.4 Å². The molecule has 33 heavy (non-hydrogen) atoms. The van der Waals surface area contributed by atoms with E-state index < -0.39 is 24.1 Å². The van der Waals surface area contributed by atoms with Gasteiger partial charge in [-0.3, -0.25) is 0 Å². The van der Waals surface area contributed by atoms with Gasteiger partial charge >= 0.3 is 11.9 Å². The molecule has 0 spiro atoms. The Bertz CT molecular complexity index is 653. The number of hydrogen-bond acceptors (Lipinski definition) is 8. The molecule has 0 aromatic heterocycles. The van der Waals surface area contributed by atoms with Crippen molar-refractivity contribution < 1.29 is 38.7 Å². The van der Waals surface area contributed by atoms with Crippen LogP contribution in [0.15, 0.2) is 37.5 Å². The van der Waals surface area contributed by atoms with Crippen molar-refractivity contribution >= 4 is 11.9 Å². The quantitative estimate of drug-likeness (QED) is 0.228. The zero-order chi connectivity index (χ0) is 24.1. The molecule has 2 rings (SSSR count). The summed E-state index contributed by atoms with van der Waals surface area (Å²) in [5, 5.41) is 19.7. The average molecular weight is 467 g/mol. The molecule has 4 atom stereocenters. The average Bonchev–Trinajstić information content (AvgIpc) is 2.84. The predicted octanol–water partition coefficient (Wildman–Crippen LogP) is 2.48. The SMILES string of the molecule is C=CC(=O)OCC(O)COC1C=CC(CC2CCC(OCC(O)COC(=O)C=C)CC2)CC1.